The molecule has 1 aliphatic carbocycles. The molecule has 70 heavy (non-hydrogen) atoms. The lowest BCUT2D eigenvalue weighted by atomic mass is 9.81. The fourth-order valence-electron chi connectivity index (χ4n) is 11.1. The smallest absolute Gasteiger partial charge is 0.329 e. The van der Waals surface area contributed by atoms with Crippen LogP contribution in [0.5, 0.6) is 11.5 Å². The van der Waals surface area contributed by atoms with Gasteiger partial charge in [0.15, 0.2) is 5.78 Å². The highest BCUT2D eigenvalue weighted by Crippen LogP contribution is 2.40. The lowest BCUT2D eigenvalue weighted by Crippen LogP contribution is -2.64. The summed E-state index contributed by atoms with van der Waals surface area (Å²) in [5.74, 6) is -7.01. The average Bonchev–Trinajstić information content (AvgIpc) is 3.35. The molecule has 1 saturated carbocycles. The van der Waals surface area contributed by atoms with E-state index in [1.807, 2.05) is 46.8 Å². The molecule has 2 N–H and O–H groups in total. The number of fused-ring (bicyclic) bond motifs is 3. The number of allylic oxidation sites excluding steroid dienone is 3. The van der Waals surface area contributed by atoms with Crippen molar-refractivity contribution in [2.24, 2.45) is 29.6 Å². The van der Waals surface area contributed by atoms with Crippen LogP contribution in [0.3, 0.4) is 0 Å². The molecule has 0 spiro atoms. The van der Waals surface area contributed by atoms with E-state index in [1.165, 1.54) is 33.3 Å². The van der Waals surface area contributed by atoms with Gasteiger partial charge in [-0.15, -0.1) is 0 Å². The number of piperidine rings is 1. The lowest BCUT2D eigenvalue weighted by Gasteiger charge is -2.47. The van der Waals surface area contributed by atoms with Gasteiger partial charge in [0.05, 0.1) is 44.7 Å². The van der Waals surface area contributed by atoms with E-state index in [2.05, 4.69) is 0 Å². The predicted octanol–water partition coefficient (Wildman–Crippen LogP) is 6.71. The number of Topliss-reactive ketones (excluding diaryl/α,β-unsaturated/α-hetero) is 3. The number of hydrogen-bond donors (Lipinski definition) is 2. The van der Waals surface area contributed by atoms with Crippen LogP contribution in [0.2, 0.25) is 0 Å². The minimum absolute atomic E-state index is 0.0114. The number of benzene rings is 1. The number of aliphatic hydroxyl groups is 2. The van der Waals surface area contributed by atoms with Crippen LogP contribution in [0.1, 0.15) is 128 Å². The van der Waals surface area contributed by atoms with Crippen LogP contribution in [0.15, 0.2) is 35.4 Å². The first kappa shape index (κ1) is 56.9. The van der Waals surface area contributed by atoms with E-state index in [4.69, 9.17) is 37.9 Å². The summed E-state index contributed by atoms with van der Waals surface area (Å²) in [5, 5.41) is 24.0. The van der Waals surface area contributed by atoms with Crippen molar-refractivity contribution < 1.29 is 72.1 Å². The molecule has 2 bridgehead atoms. The van der Waals surface area contributed by atoms with Gasteiger partial charge in [-0.3, -0.25) is 19.2 Å². The van der Waals surface area contributed by atoms with Crippen molar-refractivity contribution in [2.75, 3.05) is 48.7 Å². The van der Waals surface area contributed by atoms with Gasteiger partial charge >= 0.3 is 5.97 Å². The van der Waals surface area contributed by atoms with Crippen LogP contribution in [-0.4, -0.2) is 148 Å². The van der Waals surface area contributed by atoms with Gasteiger partial charge in [0.2, 0.25) is 5.79 Å². The molecule has 3 heterocycles. The number of rotatable bonds is 12. The molecular weight excluding hydrogens is 903 g/mol. The van der Waals surface area contributed by atoms with E-state index in [9.17, 15) is 34.2 Å². The molecule has 14 atom stereocenters. The number of ketones is 3. The molecule has 1 amide bonds. The van der Waals surface area contributed by atoms with Crippen molar-refractivity contribution in [3.8, 4) is 11.5 Å². The number of methoxy groups -OCH3 is 5. The van der Waals surface area contributed by atoms with Crippen molar-refractivity contribution in [1.82, 2.24) is 4.90 Å². The maximum absolute atomic E-state index is 14.6. The van der Waals surface area contributed by atoms with E-state index < -0.39 is 77.8 Å². The molecule has 16 heteroatoms. The van der Waals surface area contributed by atoms with Crippen molar-refractivity contribution >= 4 is 29.2 Å². The SMILES string of the molecule is CCC1C=C(C)CC(C)CC(OC)C2OC(O)(C(=O)C(=O)N3CCCCC3C(=O)OC(C(C)=CC3CCC(OCC(=O)c4cc(OC)c(C)c(OC)c4)C(OC)C3)C(C)C(O)CC1=O)C(C)CC2OC. The summed E-state index contributed by atoms with van der Waals surface area (Å²) in [6.07, 6.45) is 3.46. The second-order valence-electron chi connectivity index (χ2n) is 20.4. The Morgan fingerprint density at radius 3 is 2.11 bits per heavy atom. The summed E-state index contributed by atoms with van der Waals surface area (Å²) in [6, 6.07) is 2.17. The molecule has 2 saturated heterocycles. The van der Waals surface area contributed by atoms with E-state index in [-0.39, 0.29) is 68.0 Å². The summed E-state index contributed by atoms with van der Waals surface area (Å²) >= 11 is 0. The van der Waals surface area contributed by atoms with E-state index in [1.54, 1.807) is 33.1 Å². The summed E-state index contributed by atoms with van der Waals surface area (Å²) in [6.45, 7) is 12.9. The maximum atomic E-state index is 14.6. The van der Waals surface area contributed by atoms with E-state index >= 15 is 0 Å². The molecule has 392 valence electrons. The quantitative estimate of drug-likeness (QED) is 0.0968. The Morgan fingerprint density at radius 1 is 0.857 bits per heavy atom. The van der Waals surface area contributed by atoms with Crippen LogP contribution in [0, 0.1) is 36.5 Å². The molecule has 16 nitrogen and oxygen atoms in total. The van der Waals surface area contributed by atoms with Gasteiger partial charge < -0.3 is 53.0 Å². The van der Waals surface area contributed by atoms with Crippen LogP contribution in [0.25, 0.3) is 0 Å². The highest BCUT2D eigenvalue weighted by atomic mass is 16.7. The number of amides is 1. The fraction of sp³-hybridized carbons (Fsp3) is 0.722. The third-order valence-corrected chi connectivity index (χ3v) is 15.4. The molecule has 4 aliphatic rings. The van der Waals surface area contributed by atoms with Crippen molar-refractivity contribution in [3.63, 3.8) is 0 Å². The van der Waals surface area contributed by atoms with Crippen LogP contribution < -0.4 is 9.47 Å². The highest BCUT2D eigenvalue weighted by Gasteiger charge is 2.56. The van der Waals surface area contributed by atoms with Crippen molar-refractivity contribution in [1.29, 1.82) is 0 Å². The molecule has 1 aromatic carbocycles. The third kappa shape index (κ3) is 13.3. The number of carbonyl (C=O) groups is 5. The second-order valence-corrected chi connectivity index (χ2v) is 20.4. The van der Waals surface area contributed by atoms with Gasteiger partial charge in [-0.25, -0.2) is 4.79 Å². The van der Waals surface area contributed by atoms with Crippen LogP contribution in [0.4, 0.5) is 0 Å². The molecule has 0 aromatic heterocycles. The number of esters is 1. The Balaban J connectivity index is 1.44. The molecule has 3 fully saturated rings. The number of nitrogens with zero attached hydrogens (tertiary/aromatic N) is 1. The average molecular weight is 984 g/mol. The Hall–Kier alpha value is -4.03. The minimum atomic E-state index is -2.53. The molecule has 14 unspecified atom stereocenters. The van der Waals surface area contributed by atoms with Crippen LogP contribution >= 0.6 is 0 Å². The van der Waals surface area contributed by atoms with Gasteiger partial charge in [-0.1, -0.05) is 45.4 Å². The number of cyclic esters (lactones) is 1. The fourth-order valence-corrected chi connectivity index (χ4v) is 11.1. The van der Waals surface area contributed by atoms with E-state index in [0.717, 1.165) is 11.1 Å². The van der Waals surface area contributed by atoms with Crippen molar-refractivity contribution in [2.45, 2.75) is 174 Å². The number of hydrogen-bond acceptors (Lipinski definition) is 15. The molecule has 3 aliphatic heterocycles. The standard InChI is InChI=1S/C54H81NO15/c1-13-37-21-30(2)20-31(3)22-47(66-11)50-48(67-12)24-33(5)54(62,70-50)51(59)52(60)55-19-15-14-16-39(55)53(61)69-49(34(6)40(56)28-41(37)57)32(4)23-36-17-18-43(46(25-36)65-10)68-29-42(58)38-26-44(63-8)35(7)45(27-38)64-9/h21,23,26-27,31,33-34,36-37,39-40,43,46-50,56,62H,13-20,22,24-25,28-29H2,1-12H3. The maximum Gasteiger partial charge on any atom is 0.329 e. The molecule has 0 radical (unpaired) electrons. The first-order valence-electron chi connectivity index (χ1n) is 25.2. The zero-order valence-corrected chi connectivity index (χ0v) is 43.7. The minimum Gasteiger partial charge on any atom is -0.496 e. The summed E-state index contributed by atoms with van der Waals surface area (Å²) in [5.41, 5.74) is 2.79. The summed E-state index contributed by atoms with van der Waals surface area (Å²) in [7, 11) is 7.72. The van der Waals surface area contributed by atoms with Gasteiger partial charge in [0.1, 0.15) is 42.1 Å². The van der Waals surface area contributed by atoms with E-state index in [0.29, 0.717) is 74.0 Å². The van der Waals surface area contributed by atoms with Gasteiger partial charge in [-0.2, -0.15) is 0 Å². The largest absolute Gasteiger partial charge is 0.496 e. The lowest BCUT2D eigenvalue weighted by molar-refractivity contribution is -0.302. The topological polar surface area (TPSA) is 203 Å². The monoisotopic (exact) mass is 984 g/mol. The summed E-state index contributed by atoms with van der Waals surface area (Å²) < 4.78 is 47.5. The normalized spacial score (nSPS) is 34.7. The first-order valence-corrected chi connectivity index (χ1v) is 25.2. The number of carbonyl (C=O) groups excluding carboxylic acids is 5. The third-order valence-electron chi connectivity index (χ3n) is 15.4. The van der Waals surface area contributed by atoms with Crippen molar-refractivity contribution in [3.05, 3.63) is 46.6 Å². The summed E-state index contributed by atoms with van der Waals surface area (Å²) in [4.78, 5) is 71.9. The molecular formula is C54H81NO15. The Morgan fingerprint density at radius 2 is 1.50 bits per heavy atom. The van der Waals surface area contributed by atoms with Gasteiger partial charge in [-0.05, 0) is 115 Å². The molecule has 1 aromatic rings. The Bertz CT molecular complexity index is 2030. The predicted molar refractivity (Wildman–Crippen MR) is 260 cm³/mol. The molecule has 5 rings (SSSR count). The van der Waals surface area contributed by atoms with Gasteiger partial charge in [0, 0.05) is 63.2 Å². The number of aliphatic hydroxyl groups excluding tert-OH is 1. The van der Waals surface area contributed by atoms with Gasteiger partial charge in [0.25, 0.3) is 11.7 Å². The van der Waals surface area contributed by atoms with Crippen LogP contribution in [-0.2, 0) is 47.6 Å². The Labute approximate surface area is 415 Å². The Kier molecular flexibility index (Phi) is 20.8. The second kappa shape index (κ2) is 25.6. The highest BCUT2D eigenvalue weighted by molar-refractivity contribution is 6.39. The first-order chi connectivity index (χ1) is 33.2. The zero-order chi connectivity index (χ0) is 51.6. The zero-order valence-electron chi connectivity index (χ0n) is 43.7. The number of ether oxygens (including phenoxy) is 8.